The standard InChI is InChI=1S/C10H20FNO2/c1-13-10(14-2)4-3-7-12-9-6-5-8(9)11/h8-10,12H,3-7H2,1-2H3. The van der Waals surface area contributed by atoms with Crippen molar-refractivity contribution in [1.29, 1.82) is 0 Å². The minimum Gasteiger partial charge on any atom is -0.356 e. The number of hydrogen-bond acceptors (Lipinski definition) is 3. The smallest absolute Gasteiger partial charge is 0.156 e. The maximum absolute atomic E-state index is 12.8. The third-order valence-electron chi connectivity index (χ3n) is 2.74. The van der Waals surface area contributed by atoms with Crippen LogP contribution in [0.5, 0.6) is 0 Å². The number of hydrogen-bond donors (Lipinski definition) is 1. The lowest BCUT2D eigenvalue weighted by atomic mass is 9.90. The van der Waals surface area contributed by atoms with Crippen LogP contribution < -0.4 is 5.32 Å². The van der Waals surface area contributed by atoms with Crippen molar-refractivity contribution >= 4 is 0 Å². The van der Waals surface area contributed by atoms with Gasteiger partial charge in [-0.1, -0.05) is 0 Å². The molecule has 84 valence electrons. The van der Waals surface area contributed by atoms with Gasteiger partial charge in [0, 0.05) is 20.3 Å². The fraction of sp³-hybridized carbons (Fsp3) is 1.00. The molecule has 0 heterocycles. The fourth-order valence-electron chi connectivity index (χ4n) is 1.58. The minimum absolute atomic E-state index is 0.0959. The molecule has 1 rings (SSSR count). The molecule has 0 bridgehead atoms. The van der Waals surface area contributed by atoms with E-state index in [2.05, 4.69) is 5.32 Å². The second kappa shape index (κ2) is 6.32. The van der Waals surface area contributed by atoms with E-state index in [1.807, 2.05) is 0 Å². The van der Waals surface area contributed by atoms with Crippen LogP contribution in [0.1, 0.15) is 25.7 Å². The summed E-state index contributed by atoms with van der Waals surface area (Å²) in [6.45, 7) is 0.842. The Morgan fingerprint density at radius 3 is 2.50 bits per heavy atom. The lowest BCUT2D eigenvalue weighted by molar-refractivity contribution is -0.106. The lowest BCUT2D eigenvalue weighted by Crippen LogP contribution is -2.45. The van der Waals surface area contributed by atoms with Gasteiger partial charge in [-0.05, 0) is 32.2 Å². The van der Waals surface area contributed by atoms with E-state index in [0.29, 0.717) is 0 Å². The van der Waals surface area contributed by atoms with Crippen LogP contribution in [0.2, 0.25) is 0 Å². The van der Waals surface area contributed by atoms with E-state index < -0.39 is 6.17 Å². The second-order valence-electron chi connectivity index (χ2n) is 3.70. The van der Waals surface area contributed by atoms with Crippen LogP contribution in [-0.4, -0.2) is 39.3 Å². The predicted octanol–water partition coefficient (Wildman–Crippen LogP) is 1.48. The molecule has 4 heteroatoms. The molecule has 0 saturated heterocycles. The van der Waals surface area contributed by atoms with E-state index in [4.69, 9.17) is 9.47 Å². The quantitative estimate of drug-likeness (QED) is 0.504. The highest BCUT2D eigenvalue weighted by atomic mass is 19.1. The van der Waals surface area contributed by atoms with Gasteiger partial charge < -0.3 is 14.8 Å². The van der Waals surface area contributed by atoms with Gasteiger partial charge in [0.15, 0.2) is 6.29 Å². The fourth-order valence-corrected chi connectivity index (χ4v) is 1.58. The average molecular weight is 205 g/mol. The van der Waals surface area contributed by atoms with Gasteiger partial charge in [0.1, 0.15) is 6.17 Å². The first kappa shape index (κ1) is 11.9. The Bertz CT molecular complexity index is 146. The topological polar surface area (TPSA) is 30.5 Å². The monoisotopic (exact) mass is 205 g/mol. The number of methoxy groups -OCH3 is 2. The molecule has 0 aromatic heterocycles. The molecule has 0 aromatic carbocycles. The van der Waals surface area contributed by atoms with E-state index in [9.17, 15) is 4.39 Å². The molecule has 0 aliphatic heterocycles. The maximum atomic E-state index is 12.8. The summed E-state index contributed by atoms with van der Waals surface area (Å²) in [5, 5.41) is 3.19. The van der Waals surface area contributed by atoms with Gasteiger partial charge in [-0.25, -0.2) is 4.39 Å². The molecule has 1 fully saturated rings. The largest absolute Gasteiger partial charge is 0.356 e. The highest BCUT2D eigenvalue weighted by Crippen LogP contribution is 2.22. The zero-order chi connectivity index (χ0) is 10.4. The molecule has 14 heavy (non-hydrogen) atoms. The van der Waals surface area contributed by atoms with Crippen LogP contribution in [0.25, 0.3) is 0 Å². The van der Waals surface area contributed by atoms with Crippen molar-refractivity contribution < 1.29 is 13.9 Å². The molecular formula is C10H20FNO2. The van der Waals surface area contributed by atoms with E-state index in [-0.39, 0.29) is 12.3 Å². The van der Waals surface area contributed by atoms with E-state index in [0.717, 1.165) is 32.2 Å². The van der Waals surface area contributed by atoms with Gasteiger partial charge >= 0.3 is 0 Å². The molecule has 3 nitrogen and oxygen atoms in total. The van der Waals surface area contributed by atoms with Crippen molar-refractivity contribution in [3.8, 4) is 0 Å². The Balaban J connectivity index is 1.93. The SMILES string of the molecule is COC(CCCNC1CCC1F)OC. The maximum Gasteiger partial charge on any atom is 0.156 e. The minimum atomic E-state index is -0.629. The molecule has 1 saturated carbocycles. The first-order valence-corrected chi connectivity index (χ1v) is 5.21. The molecule has 2 unspecified atom stereocenters. The Kier molecular flexibility index (Phi) is 5.37. The Labute approximate surface area is 85.0 Å². The third-order valence-corrected chi connectivity index (χ3v) is 2.74. The number of rotatable bonds is 7. The molecule has 0 spiro atoms. The summed E-state index contributed by atoms with van der Waals surface area (Å²) in [5.41, 5.74) is 0. The highest BCUT2D eigenvalue weighted by molar-refractivity contribution is 4.86. The van der Waals surface area contributed by atoms with Gasteiger partial charge in [0.25, 0.3) is 0 Å². The summed E-state index contributed by atoms with van der Waals surface area (Å²) in [7, 11) is 3.26. The van der Waals surface area contributed by atoms with Gasteiger partial charge in [-0.3, -0.25) is 0 Å². The Morgan fingerprint density at radius 2 is 2.07 bits per heavy atom. The van der Waals surface area contributed by atoms with Crippen LogP contribution in [0.3, 0.4) is 0 Å². The summed E-state index contributed by atoms with van der Waals surface area (Å²) in [5.74, 6) is 0. The predicted molar refractivity (Wildman–Crippen MR) is 53.0 cm³/mol. The van der Waals surface area contributed by atoms with E-state index in [1.165, 1.54) is 0 Å². The first-order chi connectivity index (χ1) is 6.77. The molecule has 0 radical (unpaired) electrons. The summed E-state index contributed by atoms with van der Waals surface area (Å²) < 4.78 is 22.9. The van der Waals surface area contributed by atoms with E-state index in [1.54, 1.807) is 14.2 Å². The van der Waals surface area contributed by atoms with Crippen molar-refractivity contribution in [3.63, 3.8) is 0 Å². The molecular weight excluding hydrogens is 185 g/mol. The van der Waals surface area contributed by atoms with Crippen molar-refractivity contribution in [1.82, 2.24) is 5.32 Å². The van der Waals surface area contributed by atoms with Crippen molar-refractivity contribution in [2.75, 3.05) is 20.8 Å². The van der Waals surface area contributed by atoms with Gasteiger partial charge in [0.05, 0.1) is 0 Å². The van der Waals surface area contributed by atoms with Gasteiger partial charge in [-0.2, -0.15) is 0 Å². The van der Waals surface area contributed by atoms with Crippen LogP contribution in [0.15, 0.2) is 0 Å². The van der Waals surface area contributed by atoms with Gasteiger partial charge in [0.2, 0.25) is 0 Å². The van der Waals surface area contributed by atoms with Crippen LogP contribution in [-0.2, 0) is 9.47 Å². The summed E-state index contributed by atoms with van der Waals surface area (Å²) in [6, 6.07) is 0.0959. The molecule has 0 amide bonds. The van der Waals surface area contributed by atoms with E-state index >= 15 is 0 Å². The molecule has 1 aliphatic rings. The Morgan fingerprint density at radius 1 is 1.36 bits per heavy atom. The normalized spacial score (nSPS) is 26.6. The highest BCUT2D eigenvalue weighted by Gasteiger charge is 2.29. The second-order valence-corrected chi connectivity index (χ2v) is 3.70. The summed E-state index contributed by atoms with van der Waals surface area (Å²) in [4.78, 5) is 0. The molecule has 1 N–H and O–H groups in total. The van der Waals surface area contributed by atoms with Gasteiger partial charge in [-0.15, -0.1) is 0 Å². The van der Waals surface area contributed by atoms with Crippen LogP contribution in [0.4, 0.5) is 4.39 Å². The van der Waals surface area contributed by atoms with Crippen LogP contribution in [0, 0.1) is 0 Å². The number of ether oxygens (including phenoxy) is 2. The number of halogens is 1. The third kappa shape index (κ3) is 3.52. The molecule has 1 aliphatic carbocycles. The lowest BCUT2D eigenvalue weighted by Gasteiger charge is -2.31. The number of nitrogens with one attached hydrogen (secondary N) is 1. The van der Waals surface area contributed by atoms with Crippen LogP contribution >= 0.6 is 0 Å². The van der Waals surface area contributed by atoms with Crippen molar-refractivity contribution in [2.45, 2.75) is 44.2 Å². The van der Waals surface area contributed by atoms with Crippen molar-refractivity contribution in [3.05, 3.63) is 0 Å². The van der Waals surface area contributed by atoms with Crippen molar-refractivity contribution in [2.24, 2.45) is 0 Å². The summed E-state index contributed by atoms with van der Waals surface area (Å²) >= 11 is 0. The zero-order valence-corrected chi connectivity index (χ0v) is 8.96. The zero-order valence-electron chi connectivity index (χ0n) is 8.96. The summed E-state index contributed by atoms with van der Waals surface area (Å²) in [6.07, 6.45) is 2.74. The first-order valence-electron chi connectivity index (χ1n) is 5.21. The average Bonchev–Trinajstić information content (AvgIpc) is 2.21. The Hall–Kier alpha value is -0.190. The molecule has 2 atom stereocenters. The molecule has 0 aromatic rings. The number of alkyl halides is 1.